The molecule has 0 saturated carbocycles. The number of halogens is 2. The molecular weight excluding hydrogens is 417 g/mol. The minimum Gasteiger partial charge on any atom is -0.494 e. The van der Waals surface area contributed by atoms with Crippen molar-refractivity contribution in [3.05, 3.63) is 64.1 Å². The third-order valence-corrected chi connectivity index (χ3v) is 5.35. The van der Waals surface area contributed by atoms with Crippen LogP contribution >= 0.6 is 23.2 Å². The zero-order valence-corrected chi connectivity index (χ0v) is 18.3. The number of nitrogen functional groups attached to an aromatic ring is 1. The van der Waals surface area contributed by atoms with Crippen LogP contribution in [0.5, 0.6) is 5.75 Å². The van der Waals surface area contributed by atoms with E-state index in [-0.39, 0.29) is 5.82 Å². The van der Waals surface area contributed by atoms with Crippen LogP contribution in [0.2, 0.25) is 10.0 Å². The summed E-state index contributed by atoms with van der Waals surface area (Å²) in [6, 6.07) is 16.8. The van der Waals surface area contributed by atoms with Gasteiger partial charge in [-0.25, -0.2) is 4.98 Å². The predicted molar refractivity (Wildman–Crippen MR) is 124 cm³/mol. The third kappa shape index (κ3) is 5.24. The van der Waals surface area contributed by atoms with Crippen LogP contribution < -0.4 is 10.5 Å². The summed E-state index contributed by atoms with van der Waals surface area (Å²) in [7, 11) is 0. The van der Waals surface area contributed by atoms with Crippen molar-refractivity contribution < 1.29 is 4.74 Å². The lowest BCUT2D eigenvalue weighted by molar-refractivity contribution is 0.305. The van der Waals surface area contributed by atoms with E-state index in [1.165, 1.54) is 19.3 Å². The lowest BCUT2D eigenvalue weighted by Crippen LogP contribution is -2.00. The van der Waals surface area contributed by atoms with Crippen LogP contribution in [0, 0.1) is 11.3 Å². The largest absolute Gasteiger partial charge is 0.494 e. The molecule has 0 bridgehead atoms. The van der Waals surface area contributed by atoms with Crippen LogP contribution in [-0.2, 0) is 0 Å². The number of pyridine rings is 1. The number of nitrogens with two attached hydrogens (primary N) is 1. The lowest BCUT2D eigenvalue weighted by Gasteiger charge is -2.12. The van der Waals surface area contributed by atoms with E-state index >= 15 is 0 Å². The highest BCUT2D eigenvalue weighted by Gasteiger charge is 2.15. The van der Waals surface area contributed by atoms with Crippen molar-refractivity contribution >= 4 is 29.0 Å². The van der Waals surface area contributed by atoms with Gasteiger partial charge in [0.05, 0.1) is 17.3 Å². The summed E-state index contributed by atoms with van der Waals surface area (Å²) in [5.41, 5.74) is 9.26. The second kappa shape index (κ2) is 10.3. The molecule has 2 N–H and O–H groups in total. The Morgan fingerprint density at radius 2 is 1.77 bits per heavy atom. The predicted octanol–water partition coefficient (Wildman–Crippen LogP) is 7.14. The molecule has 0 spiro atoms. The Kier molecular flexibility index (Phi) is 7.57. The molecule has 0 unspecified atom stereocenters. The van der Waals surface area contributed by atoms with Gasteiger partial charge in [-0.05, 0) is 48.4 Å². The first kappa shape index (κ1) is 22.0. The molecule has 2 aromatic carbocycles. The zero-order valence-electron chi connectivity index (χ0n) is 16.8. The van der Waals surface area contributed by atoms with Crippen LogP contribution in [0.1, 0.15) is 38.2 Å². The number of nitriles is 1. The minimum absolute atomic E-state index is 0.160. The highest BCUT2D eigenvalue weighted by Crippen LogP contribution is 2.35. The molecular formula is C24H23Cl2N3O. The molecule has 0 aliphatic carbocycles. The SMILES string of the molecule is CCCCCCOc1ccc(-c2cc(-c3ccc(Cl)cc3Cl)nc(N)c2C#N)cc1. The van der Waals surface area contributed by atoms with E-state index < -0.39 is 0 Å². The number of ether oxygens (including phenoxy) is 1. The van der Waals surface area contributed by atoms with Gasteiger partial charge in [0.25, 0.3) is 0 Å². The number of anilines is 1. The van der Waals surface area contributed by atoms with Crippen molar-refractivity contribution in [2.45, 2.75) is 32.6 Å². The molecule has 1 heterocycles. The Morgan fingerprint density at radius 3 is 2.43 bits per heavy atom. The van der Waals surface area contributed by atoms with E-state index in [1.807, 2.05) is 30.3 Å². The van der Waals surface area contributed by atoms with E-state index in [4.69, 9.17) is 33.7 Å². The number of hydrogen-bond acceptors (Lipinski definition) is 4. The average molecular weight is 440 g/mol. The number of rotatable bonds is 8. The summed E-state index contributed by atoms with van der Waals surface area (Å²) >= 11 is 12.3. The number of nitrogens with zero attached hydrogens (tertiary/aromatic N) is 2. The Labute approximate surface area is 187 Å². The molecule has 0 atom stereocenters. The molecule has 4 nitrogen and oxygen atoms in total. The molecule has 0 radical (unpaired) electrons. The zero-order chi connectivity index (χ0) is 21.5. The van der Waals surface area contributed by atoms with Gasteiger partial charge in [-0.3, -0.25) is 0 Å². The molecule has 0 aliphatic rings. The van der Waals surface area contributed by atoms with Crippen LogP contribution in [0.25, 0.3) is 22.4 Å². The molecule has 0 aliphatic heterocycles. The average Bonchev–Trinajstić information content (AvgIpc) is 2.73. The van der Waals surface area contributed by atoms with Gasteiger partial charge in [-0.1, -0.05) is 61.5 Å². The molecule has 6 heteroatoms. The normalized spacial score (nSPS) is 10.6. The third-order valence-electron chi connectivity index (χ3n) is 4.80. The molecule has 30 heavy (non-hydrogen) atoms. The van der Waals surface area contributed by atoms with E-state index in [0.29, 0.717) is 39.0 Å². The summed E-state index contributed by atoms with van der Waals surface area (Å²) in [5.74, 6) is 0.962. The van der Waals surface area contributed by atoms with Gasteiger partial charge in [0.2, 0.25) is 0 Å². The molecule has 154 valence electrons. The van der Waals surface area contributed by atoms with Crippen LogP contribution in [-0.4, -0.2) is 11.6 Å². The van der Waals surface area contributed by atoms with Crippen LogP contribution in [0.3, 0.4) is 0 Å². The summed E-state index contributed by atoms with van der Waals surface area (Å²) in [6.45, 7) is 2.89. The Morgan fingerprint density at radius 1 is 1.00 bits per heavy atom. The maximum Gasteiger partial charge on any atom is 0.142 e. The van der Waals surface area contributed by atoms with E-state index in [2.05, 4.69) is 18.0 Å². The molecule has 3 aromatic rings. The van der Waals surface area contributed by atoms with E-state index in [1.54, 1.807) is 18.2 Å². The molecule has 0 fully saturated rings. The minimum atomic E-state index is 0.160. The van der Waals surface area contributed by atoms with Crippen molar-refractivity contribution in [2.75, 3.05) is 12.3 Å². The van der Waals surface area contributed by atoms with Crippen LogP contribution in [0.4, 0.5) is 5.82 Å². The summed E-state index contributed by atoms with van der Waals surface area (Å²) in [5, 5.41) is 10.6. The highest BCUT2D eigenvalue weighted by molar-refractivity contribution is 6.36. The maximum atomic E-state index is 9.62. The second-order valence-electron chi connectivity index (χ2n) is 6.98. The fraction of sp³-hybridized carbons (Fsp3) is 0.250. The summed E-state index contributed by atoms with van der Waals surface area (Å²) in [6.07, 6.45) is 4.64. The monoisotopic (exact) mass is 439 g/mol. The van der Waals surface area contributed by atoms with Gasteiger partial charge in [-0.2, -0.15) is 5.26 Å². The number of unbranched alkanes of at least 4 members (excludes halogenated alkanes) is 3. The van der Waals surface area contributed by atoms with E-state index in [0.717, 1.165) is 17.7 Å². The summed E-state index contributed by atoms with van der Waals surface area (Å²) in [4.78, 5) is 4.38. The quantitative estimate of drug-likeness (QED) is 0.378. The Balaban J connectivity index is 1.89. The van der Waals surface area contributed by atoms with Gasteiger partial charge in [0.15, 0.2) is 0 Å². The number of aromatic nitrogens is 1. The van der Waals surface area contributed by atoms with Crippen molar-refractivity contribution in [3.8, 4) is 34.2 Å². The fourth-order valence-corrected chi connectivity index (χ4v) is 3.70. The lowest BCUT2D eigenvalue weighted by atomic mass is 9.98. The van der Waals surface area contributed by atoms with Crippen molar-refractivity contribution in [3.63, 3.8) is 0 Å². The van der Waals surface area contributed by atoms with Crippen molar-refractivity contribution in [1.29, 1.82) is 5.26 Å². The van der Waals surface area contributed by atoms with Crippen molar-refractivity contribution in [2.24, 2.45) is 0 Å². The maximum absolute atomic E-state index is 9.62. The van der Waals surface area contributed by atoms with Gasteiger partial charge < -0.3 is 10.5 Å². The first-order valence-electron chi connectivity index (χ1n) is 9.92. The molecule has 0 amide bonds. The van der Waals surface area contributed by atoms with Crippen molar-refractivity contribution in [1.82, 2.24) is 4.98 Å². The molecule has 0 saturated heterocycles. The fourth-order valence-electron chi connectivity index (χ4n) is 3.19. The Bertz CT molecular complexity index is 1060. The highest BCUT2D eigenvalue weighted by atomic mass is 35.5. The first-order chi connectivity index (χ1) is 14.5. The molecule has 1 aromatic heterocycles. The topological polar surface area (TPSA) is 71.9 Å². The standard InChI is InChI=1S/C24H23Cl2N3O/c1-2-3-4-5-12-30-18-9-6-16(7-10-18)20-14-23(29-24(28)21(20)15-27)19-11-8-17(25)13-22(19)26/h6-11,13-14H,2-5,12H2,1H3,(H2,28,29). The van der Waals surface area contributed by atoms with Gasteiger partial charge in [0.1, 0.15) is 23.2 Å². The smallest absolute Gasteiger partial charge is 0.142 e. The number of hydrogen-bond donors (Lipinski definition) is 1. The van der Waals surface area contributed by atoms with Crippen LogP contribution in [0.15, 0.2) is 48.5 Å². The molecule has 3 rings (SSSR count). The van der Waals surface area contributed by atoms with E-state index in [9.17, 15) is 5.26 Å². The van der Waals surface area contributed by atoms with Gasteiger partial charge in [0, 0.05) is 16.1 Å². The first-order valence-corrected chi connectivity index (χ1v) is 10.7. The summed E-state index contributed by atoms with van der Waals surface area (Å²) < 4.78 is 5.81. The number of benzene rings is 2. The van der Waals surface area contributed by atoms with Gasteiger partial charge >= 0.3 is 0 Å². The van der Waals surface area contributed by atoms with Gasteiger partial charge in [-0.15, -0.1) is 0 Å². The second-order valence-corrected chi connectivity index (χ2v) is 7.83. The Hall–Kier alpha value is -2.74.